The predicted molar refractivity (Wildman–Crippen MR) is 122 cm³/mol. The van der Waals surface area contributed by atoms with Gasteiger partial charge in [0.15, 0.2) is 11.5 Å². The third kappa shape index (κ3) is 6.18. The Morgan fingerprint density at radius 1 is 1.09 bits per heavy atom. The average molecular weight is 480 g/mol. The maximum absolute atomic E-state index is 10.2. The smallest absolute Gasteiger partial charge is 0.316 e. The zero-order chi connectivity index (χ0) is 24.2. The second kappa shape index (κ2) is 10.4. The molecule has 1 aromatic carbocycles. The summed E-state index contributed by atoms with van der Waals surface area (Å²) in [5, 5.41) is 10.2. The van der Waals surface area contributed by atoms with Crippen molar-refractivity contribution in [2.24, 2.45) is 4.99 Å². The molecule has 0 amide bonds. The number of aliphatic imine (C=N–C) groups is 1. The first kappa shape index (κ1) is 24.9. The molecule has 2 N–H and O–H groups in total. The zero-order valence-corrected chi connectivity index (χ0v) is 19.9. The fourth-order valence-corrected chi connectivity index (χ4v) is 4.15. The van der Waals surface area contributed by atoms with Crippen molar-refractivity contribution in [1.29, 1.82) is 0 Å². The molecule has 1 saturated carbocycles. The number of hydrogen-bond acceptors (Lipinski definition) is 9. The van der Waals surface area contributed by atoms with Gasteiger partial charge in [-0.05, 0) is 43.9 Å². The van der Waals surface area contributed by atoms with E-state index in [1.807, 2.05) is 19.1 Å². The van der Waals surface area contributed by atoms with Crippen LogP contribution in [0.3, 0.4) is 0 Å². The Morgan fingerprint density at radius 2 is 1.76 bits per heavy atom. The second-order valence-corrected chi connectivity index (χ2v) is 9.30. The van der Waals surface area contributed by atoms with E-state index in [0.717, 1.165) is 41.0 Å². The SMILES string of the molecule is CCOc1cc2c(cc1OC)C(c1cnc(OC)nc1)=N[C@@H]1CC[C@@H](O)C[C@H]21.CS(=O)(=O)O. The monoisotopic (exact) mass is 479 g/mol. The Balaban J connectivity index is 0.000000555. The summed E-state index contributed by atoms with van der Waals surface area (Å²) in [5.41, 5.74) is 3.78. The van der Waals surface area contributed by atoms with Crippen LogP contribution in [0.25, 0.3) is 0 Å². The van der Waals surface area contributed by atoms with Crippen molar-refractivity contribution >= 4 is 15.8 Å². The van der Waals surface area contributed by atoms with Crippen molar-refractivity contribution in [1.82, 2.24) is 9.97 Å². The minimum atomic E-state index is -3.67. The Labute approximate surface area is 193 Å². The third-order valence-corrected chi connectivity index (χ3v) is 5.46. The number of aliphatic hydroxyl groups is 1. The van der Waals surface area contributed by atoms with E-state index in [0.29, 0.717) is 31.0 Å². The maximum Gasteiger partial charge on any atom is 0.316 e. The minimum absolute atomic E-state index is 0.121. The molecular weight excluding hydrogens is 450 g/mol. The molecule has 2 aliphatic rings. The zero-order valence-electron chi connectivity index (χ0n) is 19.1. The Hall–Kier alpha value is -2.76. The molecule has 0 radical (unpaired) electrons. The van der Waals surface area contributed by atoms with Crippen molar-refractivity contribution in [3.63, 3.8) is 0 Å². The second-order valence-electron chi connectivity index (χ2n) is 7.83. The van der Waals surface area contributed by atoms with Crippen LogP contribution >= 0.6 is 0 Å². The predicted octanol–water partition coefficient (Wildman–Crippen LogP) is 2.24. The molecule has 180 valence electrons. The van der Waals surface area contributed by atoms with Crippen LogP contribution in [0.1, 0.15) is 48.8 Å². The van der Waals surface area contributed by atoms with E-state index in [1.54, 1.807) is 26.6 Å². The molecule has 1 fully saturated rings. The van der Waals surface area contributed by atoms with Gasteiger partial charge < -0.3 is 19.3 Å². The van der Waals surface area contributed by atoms with E-state index in [9.17, 15) is 13.5 Å². The molecule has 0 bridgehead atoms. The van der Waals surface area contributed by atoms with Gasteiger partial charge in [0.05, 0.1) is 44.9 Å². The first-order valence-electron chi connectivity index (χ1n) is 10.5. The van der Waals surface area contributed by atoms with Gasteiger partial charge in [0.2, 0.25) is 0 Å². The van der Waals surface area contributed by atoms with E-state index in [4.69, 9.17) is 23.8 Å². The van der Waals surface area contributed by atoms with Crippen molar-refractivity contribution in [3.8, 4) is 17.5 Å². The summed E-state index contributed by atoms with van der Waals surface area (Å²) in [6, 6.07) is 4.46. The van der Waals surface area contributed by atoms with E-state index in [-0.39, 0.29) is 18.1 Å². The lowest BCUT2D eigenvalue weighted by atomic mass is 9.74. The molecule has 1 aliphatic carbocycles. The van der Waals surface area contributed by atoms with Gasteiger partial charge in [-0.3, -0.25) is 9.55 Å². The molecule has 0 saturated heterocycles. The number of hydrogen-bond donors (Lipinski definition) is 2. The number of rotatable bonds is 5. The summed E-state index contributed by atoms with van der Waals surface area (Å²) in [6.45, 7) is 2.51. The molecule has 1 aromatic heterocycles. The molecule has 2 heterocycles. The Bertz CT molecular complexity index is 1100. The van der Waals surface area contributed by atoms with Crippen LogP contribution in [0, 0.1) is 0 Å². The van der Waals surface area contributed by atoms with E-state index in [2.05, 4.69) is 9.97 Å². The van der Waals surface area contributed by atoms with Gasteiger partial charge in [-0.2, -0.15) is 8.42 Å². The number of nitrogens with zero attached hydrogens (tertiary/aromatic N) is 3. The summed E-state index contributed by atoms with van der Waals surface area (Å²) in [7, 11) is -0.492. The summed E-state index contributed by atoms with van der Waals surface area (Å²) >= 11 is 0. The molecule has 3 atom stereocenters. The van der Waals surface area contributed by atoms with Gasteiger partial charge in [0.25, 0.3) is 10.1 Å². The minimum Gasteiger partial charge on any atom is -0.493 e. The molecule has 0 spiro atoms. The normalized spacial score (nSPS) is 21.5. The van der Waals surface area contributed by atoms with E-state index in [1.165, 1.54) is 0 Å². The number of fused-ring (bicyclic) bond motifs is 3. The highest BCUT2D eigenvalue weighted by molar-refractivity contribution is 7.85. The number of methoxy groups -OCH3 is 2. The lowest BCUT2D eigenvalue weighted by Crippen LogP contribution is -2.34. The van der Waals surface area contributed by atoms with Crippen LogP contribution in [-0.2, 0) is 10.1 Å². The molecule has 1 aliphatic heterocycles. The van der Waals surface area contributed by atoms with Crippen LogP contribution in [0.5, 0.6) is 17.5 Å². The van der Waals surface area contributed by atoms with Crippen molar-refractivity contribution in [2.45, 2.75) is 44.2 Å². The largest absolute Gasteiger partial charge is 0.493 e. The molecule has 0 unspecified atom stereocenters. The molecule has 11 heteroatoms. The summed E-state index contributed by atoms with van der Waals surface area (Å²) in [6.07, 6.45) is 6.19. The lowest BCUT2D eigenvalue weighted by Gasteiger charge is -2.37. The van der Waals surface area contributed by atoms with Crippen molar-refractivity contribution in [2.75, 3.05) is 27.1 Å². The van der Waals surface area contributed by atoms with Crippen molar-refractivity contribution in [3.05, 3.63) is 41.2 Å². The average Bonchev–Trinajstić information content (AvgIpc) is 2.77. The van der Waals surface area contributed by atoms with Crippen LogP contribution in [0.4, 0.5) is 0 Å². The van der Waals surface area contributed by atoms with E-state index >= 15 is 0 Å². The van der Waals surface area contributed by atoms with Gasteiger partial charge in [-0.1, -0.05) is 0 Å². The first-order chi connectivity index (χ1) is 15.6. The number of aromatic nitrogens is 2. The summed E-state index contributed by atoms with van der Waals surface area (Å²) in [4.78, 5) is 13.5. The van der Waals surface area contributed by atoms with Gasteiger partial charge in [0.1, 0.15) is 0 Å². The highest BCUT2D eigenvalue weighted by Crippen LogP contribution is 2.44. The van der Waals surface area contributed by atoms with Crippen LogP contribution in [0.2, 0.25) is 0 Å². The fraction of sp³-hybridized carbons (Fsp3) is 0.500. The molecule has 10 nitrogen and oxygen atoms in total. The summed E-state index contributed by atoms with van der Waals surface area (Å²) in [5.74, 6) is 1.54. The Kier molecular flexibility index (Phi) is 7.88. The van der Waals surface area contributed by atoms with Gasteiger partial charge in [0, 0.05) is 29.4 Å². The quantitative estimate of drug-likeness (QED) is 0.618. The van der Waals surface area contributed by atoms with Crippen LogP contribution < -0.4 is 14.2 Å². The first-order valence-corrected chi connectivity index (χ1v) is 12.4. The highest BCUT2D eigenvalue weighted by atomic mass is 32.2. The van der Waals surface area contributed by atoms with Crippen molar-refractivity contribution < 1.29 is 32.3 Å². The number of benzene rings is 1. The fourth-order valence-electron chi connectivity index (χ4n) is 4.15. The Morgan fingerprint density at radius 3 is 2.33 bits per heavy atom. The lowest BCUT2D eigenvalue weighted by molar-refractivity contribution is 0.111. The van der Waals surface area contributed by atoms with Gasteiger partial charge in [-0.25, -0.2) is 9.97 Å². The summed E-state index contributed by atoms with van der Waals surface area (Å²) < 4.78 is 42.3. The third-order valence-electron chi connectivity index (χ3n) is 5.46. The number of aliphatic hydroxyl groups excluding tert-OH is 1. The van der Waals surface area contributed by atoms with Crippen LogP contribution in [0.15, 0.2) is 29.5 Å². The van der Waals surface area contributed by atoms with Gasteiger partial charge >= 0.3 is 6.01 Å². The number of ether oxygens (including phenoxy) is 3. The molecule has 33 heavy (non-hydrogen) atoms. The molecule has 2 aromatic rings. The molecular formula is C22H29N3O7S. The van der Waals surface area contributed by atoms with Crippen LogP contribution in [-0.4, -0.2) is 73.0 Å². The van der Waals surface area contributed by atoms with Gasteiger partial charge in [-0.15, -0.1) is 0 Å². The standard InChI is InChI=1S/C21H25N3O4.CH4O3S/c1-4-28-19-8-14-15-7-13(25)5-6-17(15)24-20(16(14)9-18(19)26-2)12-10-22-21(27-3)23-11-12;1-5(2,3)4/h8-11,13,15,17,25H,4-7H2,1-3H3;1H3,(H,2,3,4)/t13-,15-,17-;/m1./s1. The maximum atomic E-state index is 10.2. The highest BCUT2D eigenvalue weighted by Gasteiger charge is 2.37. The topological polar surface area (TPSA) is 140 Å². The molecule has 4 rings (SSSR count). The van der Waals surface area contributed by atoms with E-state index < -0.39 is 10.1 Å².